The molecule has 0 aliphatic carbocycles. The minimum atomic E-state index is -0.489. The third-order valence-corrected chi connectivity index (χ3v) is 2.93. The molecule has 2 aromatic heterocycles. The number of hydrogen-bond acceptors (Lipinski definition) is 3. The highest BCUT2D eigenvalue weighted by molar-refractivity contribution is 9.10. The highest BCUT2D eigenvalue weighted by atomic mass is 79.9. The molecule has 6 heteroatoms. The molecule has 0 saturated carbocycles. The van der Waals surface area contributed by atoms with Crippen LogP contribution >= 0.6 is 15.9 Å². The summed E-state index contributed by atoms with van der Waals surface area (Å²) < 4.78 is 14.4. The van der Waals surface area contributed by atoms with Gasteiger partial charge in [0.2, 0.25) is 0 Å². The van der Waals surface area contributed by atoms with Crippen molar-refractivity contribution in [2.75, 3.05) is 0 Å². The SMILES string of the molecule is CC(N)c1nc2ccc(F)cn2c(=O)c1Br. The van der Waals surface area contributed by atoms with Gasteiger partial charge < -0.3 is 5.73 Å². The number of aromatic nitrogens is 2. The molecule has 4 nitrogen and oxygen atoms in total. The van der Waals surface area contributed by atoms with Crippen LogP contribution in [0.2, 0.25) is 0 Å². The van der Waals surface area contributed by atoms with Crippen molar-refractivity contribution < 1.29 is 4.39 Å². The molecule has 0 saturated heterocycles. The van der Waals surface area contributed by atoms with Crippen molar-refractivity contribution in [3.05, 3.63) is 44.7 Å². The second-order valence-corrected chi connectivity index (χ2v) is 4.27. The summed E-state index contributed by atoms with van der Waals surface area (Å²) in [5.41, 5.74) is 6.17. The van der Waals surface area contributed by atoms with E-state index in [4.69, 9.17) is 5.73 Å². The first-order valence-corrected chi connectivity index (χ1v) is 5.43. The van der Waals surface area contributed by atoms with Crippen LogP contribution in [-0.4, -0.2) is 9.38 Å². The minimum absolute atomic E-state index is 0.269. The van der Waals surface area contributed by atoms with E-state index in [1.54, 1.807) is 6.92 Å². The lowest BCUT2D eigenvalue weighted by atomic mass is 10.2. The molecule has 2 N–H and O–H groups in total. The first kappa shape index (κ1) is 11.2. The molecule has 16 heavy (non-hydrogen) atoms. The second kappa shape index (κ2) is 3.95. The quantitative estimate of drug-likeness (QED) is 0.866. The Bertz CT molecular complexity index is 609. The zero-order valence-corrected chi connectivity index (χ0v) is 10.0. The van der Waals surface area contributed by atoms with E-state index in [-0.39, 0.29) is 16.1 Å². The Morgan fingerprint density at radius 2 is 2.25 bits per heavy atom. The van der Waals surface area contributed by atoms with Crippen LogP contribution in [-0.2, 0) is 0 Å². The lowest BCUT2D eigenvalue weighted by molar-refractivity contribution is 0.616. The summed E-state index contributed by atoms with van der Waals surface area (Å²) in [5, 5.41) is 0. The topological polar surface area (TPSA) is 60.4 Å². The van der Waals surface area contributed by atoms with E-state index in [2.05, 4.69) is 20.9 Å². The fraction of sp³-hybridized carbons (Fsp3) is 0.200. The molecule has 0 aliphatic heterocycles. The summed E-state index contributed by atoms with van der Waals surface area (Å²) in [6.07, 6.45) is 1.10. The Morgan fingerprint density at radius 1 is 1.56 bits per heavy atom. The van der Waals surface area contributed by atoms with Gasteiger partial charge in [0.15, 0.2) is 0 Å². The standard InChI is InChI=1S/C10H9BrFN3O/c1-5(13)9-8(11)10(16)15-4-6(12)2-3-7(15)14-9/h2-5H,13H2,1H3. The average molecular weight is 286 g/mol. The minimum Gasteiger partial charge on any atom is -0.323 e. The van der Waals surface area contributed by atoms with E-state index < -0.39 is 5.82 Å². The summed E-state index contributed by atoms with van der Waals surface area (Å²) in [4.78, 5) is 16.1. The Morgan fingerprint density at radius 3 is 2.88 bits per heavy atom. The van der Waals surface area contributed by atoms with Crippen LogP contribution in [0, 0.1) is 5.82 Å². The van der Waals surface area contributed by atoms with Gasteiger partial charge in [0.05, 0.1) is 5.69 Å². The fourth-order valence-corrected chi connectivity index (χ4v) is 2.05. The van der Waals surface area contributed by atoms with E-state index in [0.717, 1.165) is 10.6 Å². The number of halogens is 2. The van der Waals surface area contributed by atoms with Crippen LogP contribution in [0.25, 0.3) is 5.65 Å². The number of rotatable bonds is 1. The molecule has 2 rings (SSSR count). The number of nitrogens with two attached hydrogens (primary N) is 1. The van der Waals surface area contributed by atoms with E-state index in [0.29, 0.717) is 11.3 Å². The molecule has 1 atom stereocenters. The summed E-state index contributed by atoms with van der Waals surface area (Å²) in [7, 11) is 0. The molecule has 2 aromatic rings. The van der Waals surface area contributed by atoms with Gasteiger partial charge >= 0.3 is 0 Å². The maximum atomic E-state index is 13.0. The van der Waals surface area contributed by atoms with Gasteiger partial charge in [0.1, 0.15) is 15.9 Å². The maximum Gasteiger partial charge on any atom is 0.272 e. The molecular weight excluding hydrogens is 277 g/mol. The molecular formula is C10H9BrFN3O. The van der Waals surface area contributed by atoms with Gasteiger partial charge in [-0.3, -0.25) is 9.20 Å². The van der Waals surface area contributed by atoms with Crippen LogP contribution < -0.4 is 11.3 Å². The molecule has 0 amide bonds. The van der Waals surface area contributed by atoms with Crippen molar-refractivity contribution in [2.45, 2.75) is 13.0 Å². The van der Waals surface area contributed by atoms with Gasteiger partial charge in [-0.1, -0.05) is 0 Å². The molecule has 0 bridgehead atoms. The molecule has 0 fully saturated rings. The Kier molecular flexibility index (Phi) is 2.77. The first-order valence-electron chi connectivity index (χ1n) is 4.63. The lowest BCUT2D eigenvalue weighted by Crippen LogP contribution is -2.21. The van der Waals surface area contributed by atoms with Crippen molar-refractivity contribution in [3.63, 3.8) is 0 Å². The molecule has 0 radical (unpaired) electrons. The number of nitrogens with zero attached hydrogens (tertiary/aromatic N) is 2. The van der Waals surface area contributed by atoms with E-state index in [1.165, 1.54) is 12.1 Å². The number of hydrogen-bond donors (Lipinski definition) is 1. The predicted molar refractivity (Wildman–Crippen MR) is 61.7 cm³/mol. The van der Waals surface area contributed by atoms with Crippen LogP contribution in [0.3, 0.4) is 0 Å². The van der Waals surface area contributed by atoms with Crippen LogP contribution in [0.5, 0.6) is 0 Å². The van der Waals surface area contributed by atoms with Gasteiger partial charge in [0, 0.05) is 12.2 Å². The number of pyridine rings is 1. The monoisotopic (exact) mass is 285 g/mol. The van der Waals surface area contributed by atoms with Crippen molar-refractivity contribution in [2.24, 2.45) is 5.73 Å². The third kappa shape index (κ3) is 1.74. The van der Waals surface area contributed by atoms with Crippen LogP contribution in [0.1, 0.15) is 18.7 Å². The molecule has 0 aliphatic rings. The van der Waals surface area contributed by atoms with Crippen LogP contribution in [0.4, 0.5) is 4.39 Å². The molecule has 0 aromatic carbocycles. The van der Waals surface area contributed by atoms with Gasteiger partial charge in [-0.15, -0.1) is 0 Å². The number of fused-ring (bicyclic) bond motifs is 1. The largest absolute Gasteiger partial charge is 0.323 e. The summed E-state index contributed by atoms with van der Waals surface area (Å²) >= 11 is 3.13. The van der Waals surface area contributed by atoms with Crippen molar-refractivity contribution >= 4 is 21.6 Å². The Labute approximate surface area is 99.0 Å². The van der Waals surface area contributed by atoms with Crippen molar-refractivity contribution in [1.82, 2.24) is 9.38 Å². The van der Waals surface area contributed by atoms with Crippen molar-refractivity contribution in [1.29, 1.82) is 0 Å². The van der Waals surface area contributed by atoms with Gasteiger partial charge in [-0.05, 0) is 35.0 Å². The molecule has 2 heterocycles. The zero-order valence-electron chi connectivity index (χ0n) is 8.45. The maximum absolute atomic E-state index is 13.0. The molecule has 1 unspecified atom stereocenters. The Balaban J connectivity index is 2.88. The fourth-order valence-electron chi connectivity index (χ4n) is 1.41. The zero-order chi connectivity index (χ0) is 11.9. The van der Waals surface area contributed by atoms with Gasteiger partial charge in [-0.25, -0.2) is 9.37 Å². The predicted octanol–water partition coefficient (Wildman–Crippen LogP) is 1.62. The van der Waals surface area contributed by atoms with Gasteiger partial charge in [0.25, 0.3) is 5.56 Å². The molecule has 0 spiro atoms. The van der Waals surface area contributed by atoms with E-state index >= 15 is 0 Å². The Hall–Kier alpha value is -1.27. The summed E-state index contributed by atoms with van der Waals surface area (Å²) in [5.74, 6) is -0.489. The average Bonchev–Trinajstić information content (AvgIpc) is 2.23. The highest BCUT2D eigenvalue weighted by Crippen LogP contribution is 2.16. The van der Waals surface area contributed by atoms with E-state index in [9.17, 15) is 9.18 Å². The third-order valence-electron chi connectivity index (χ3n) is 2.19. The normalized spacial score (nSPS) is 13.0. The van der Waals surface area contributed by atoms with Crippen molar-refractivity contribution in [3.8, 4) is 0 Å². The highest BCUT2D eigenvalue weighted by Gasteiger charge is 2.13. The van der Waals surface area contributed by atoms with Gasteiger partial charge in [-0.2, -0.15) is 0 Å². The first-order chi connectivity index (χ1) is 7.50. The smallest absolute Gasteiger partial charge is 0.272 e. The lowest BCUT2D eigenvalue weighted by Gasteiger charge is -2.09. The van der Waals surface area contributed by atoms with Crippen LogP contribution in [0.15, 0.2) is 27.6 Å². The molecule has 84 valence electrons. The van der Waals surface area contributed by atoms with E-state index in [1.807, 2.05) is 0 Å². The second-order valence-electron chi connectivity index (χ2n) is 3.48. The summed E-state index contributed by atoms with van der Waals surface area (Å²) in [6.45, 7) is 1.73. The summed E-state index contributed by atoms with van der Waals surface area (Å²) in [6, 6.07) is 2.33.